The van der Waals surface area contributed by atoms with Crippen LogP contribution in [0.15, 0.2) is 91.0 Å². The van der Waals surface area contributed by atoms with Crippen molar-refractivity contribution in [2.75, 3.05) is 0 Å². The summed E-state index contributed by atoms with van der Waals surface area (Å²) in [7, 11) is 0. The van der Waals surface area contributed by atoms with Crippen molar-refractivity contribution in [3.8, 4) is 11.1 Å². The highest BCUT2D eigenvalue weighted by atomic mass is 14.1. The SMILES string of the molecule is Cc1ccc2ccc(Cc3ccc(-c4ccccc4)cc3)cc2c1. The maximum Gasteiger partial charge on any atom is -0.00255 e. The Hall–Kier alpha value is -2.86. The minimum Gasteiger partial charge on any atom is -0.0622 e. The molecular weight excluding hydrogens is 288 g/mol. The number of hydrogen-bond acceptors (Lipinski definition) is 0. The van der Waals surface area contributed by atoms with E-state index in [4.69, 9.17) is 0 Å². The van der Waals surface area contributed by atoms with Crippen molar-refractivity contribution in [2.24, 2.45) is 0 Å². The molecule has 0 nitrogen and oxygen atoms in total. The normalized spacial score (nSPS) is 10.9. The largest absolute Gasteiger partial charge is 0.0622 e. The second-order valence-corrected chi connectivity index (χ2v) is 6.42. The van der Waals surface area contributed by atoms with Gasteiger partial charge in [0.25, 0.3) is 0 Å². The van der Waals surface area contributed by atoms with Gasteiger partial charge in [-0.15, -0.1) is 0 Å². The van der Waals surface area contributed by atoms with Crippen LogP contribution in [0, 0.1) is 6.92 Å². The van der Waals surface area contributed by atoms with E-state index in [9.17, 15) is 0 Å². The van der Waals surface area contributed by atoms with Gasteiger partial charge in [-0.2, -0.15) is 0 Å². The van der Waals surface area contributed by atoms with Crippen LogP contribution in [0.2, 0.25) is 0 Å². The summed E-state index contributed by atoms with van der Waals surface area (Å²) in [4.78, 5) is 0. The van der Waals surface area contributed by atoms with Crippen LogP contribution in [0.5, 0.6) is 0 Å². The fourth-order valence-corrected chi connectivity index (χ4v) is 3.21. The molecule has 0 heteroatoms. The van der Waals surface area contributed by atoms with Crippen LogP contribution in [0.3, 0.4) is 0 Å². The summed E-state index contributed by atoms with van der Waals surface area (Å²) < 4.78 is 0. The van der Waals surface area contributed by atoms with Gasteiger partial charge in [-0.3, -0.25) is 0 Å². The third-order valence-corrected chi connectivity index (χ3v) is 4.53. The molecule has 116 valence electrons. The van der Waals surface area contributed by atoms with Gasteiger partial charge in [-0.25, -0.2) is 0 Å². The lowest BCUT2D eigenvalue weighted by molar-refractivity contribution is 1.20. The predicted molar refractivity (Wildman–Crippen MR) is 103 cm³/mol. The van der Waals surface area contributed by atoms with Gasteiger partial charge < -0.3 is 0 Å². The lowest BCUT2D eigenvalue weighted by Crippen LogP contribution is -1.89. The first-order valence-corrected chi connectivity index (χ1v) is 8.42. The molecule has 0 aliphatic heterocycles. The molecule has 0 spiro atoms. The monoisotopic (exact) mass is 308 g/mol. The summed E-state index contributed by atoms with van der Waals surface area (Å²) in [5, 5.41) is 2.64. The molecule has 0 aliphatic carbocycles. The van der Waals surface area contributed by atoms with Crippen LogP contribution in [0.25, 0.3) is 21.9 Å². The Morgan fingerprint density at radius 2 is 1.21 bits per heavy atom. The molecule has 0 amide bonds. The molecule has 0 aliphatic rings. The summed E-state index contributed by atoms with van der Waals surface area (Å²) in [6, 6.07) is 32.8. The van der Waals surface area contributed by atoms with E-state index in [-0.39, 0.29) is 0 Å². The van der Waals surface area contributed by atoms with Crippen molar-refractivity contribution < 1.29 is 0 Å². The summed E-state index contributed by atoms with van der Waals surface area (Å²) in [6.07, 6.45) is 0.971. The van der Waals surface area contributed by atoms with Crippen molar-refractivity contribution >= 4 is 10.8 Å². The van der Waals surface area contributed by atoms with Gasteiger partial charge in [0, 0.05) is 0 Å². The van der Waals surface area contributed by atoms with Gasteiger partial charge in [-0.1, -0.05) is 96.6 Å². The van der Waals surface area contributed by atoms with E-state index in [1.165, 1.54) is 38.6 Å². The molecule has 0 aromatic heterocycles. The molecule has 0 bridgehead atoms. The molecule has 4 aromatic carbocycles. The van der Waals surface area contributed by atoms with Gasteiger partial charge in [0.1, 0.15) is 0 Å². The van der Waals surface area contributed by atoms with Crippen LogP contribution in [0.1, 0.15) is 16.7 Å². The lowest BCUT2D eigenvalue weighted by Gasteiger charge is -2.07. The molecule has 0 radical (unpaired) electrons. The third-order valence-electron chi connectivity index (χ3n) is 4.53. The van der Waals surface area contributed by atoms with Gasteiger partial charge in [-0.05, 0) is 46.4 Å². The fraction of sp³-hybridized carbons (Fsp3) is 0.0833. The average Bonchev–Trinajstić information content (AvgIpc) is 2.63. The minimum absolute atomic E-state index is 0.971. The molecule has 0 fully saturated rings. The number of rotatable bonds is 3. The zero-order valence-electron chi connectivity index (χ0n) is 13.9. The lowest BCUT2D eigenvalue weighted by atomic mass is 9.98. The van der Waals surface area contributed by atoms with E-state index in [1.807, 2.05) is 0 Å². The van der Waals surface area contributed by atoms with E-state index < -0.39 is 0 Å². The van der Waals surface area contributed by atoms with Crippen molar-refractivity contribution in [1.29, 1.82) is 0 Å². The summed E-state index contributed by atoms with van der Waals surface area (Å²) in [6.45, 7) is 2.15. The fourth-order valence-electron chi connectivity index (χ4n) is 3.21. The van der Waals surface area contributed by atoms with Crippen LogP contribution < -0.4 is 0 Å². The van der Waals surface area contributed by atoms with Crippen molar-refractivity contribution in [3.05, 3.63) is 108 Å². The van der Waals surface area contributed by atoms with Crippen molar-refractivity contribution in [2.45, 2.75) is 13.3 Å². The minimum atomic E-state index is 0.971. The second kappa shape index (κ2) is 6.33. The Balaban J connectivity index is 1.59. The van der Waals surface area contributed by atoms with Crippen LogP contribution in [-0.4, -0.2) is 0 Å². The first-order valence-electron chi connectivity index (χ1n) is 8.42. The zero-order valence-corrected chi connectivity index (χ0v) is 13.9. The second-order valence-electron chi connectivity index (χ2n) is 6.42. The van der Waals surface area contributed by atoms with Gasteiger partial charge in [0.05, 0.1) is 0 Å². The first-order chi connectivity index (χ1) is 11.8. The Morgan fingerprint density at radius 3 is 2.00 bits per heavy atom. The maximum atomic E-state index is 2.31. The quantitative estimate of drug-likeness (QED) is 0.410. The topological polar surface area (TPSA) is 0 Å². The number of aryl methyl sites for hydroxylation is 1. The van der Waals surface area contributed by atoms with Crippen LogP contribution in [0.4, 0.5) is 0 Å². The van der Waals surface area contributed by atoms with E-state index in [0.29, 0.717) is 0 Å². The molecule has 4 aromatic rings. The number of hydrogen-bond donors (Lipinski definition) is 0. The molecule has 4 rings (SSSR count). The van der Waals surface area contributed by atoms with Gasteiger partial charge in [0.15, 0.2) is 0 Å². The van der Waals surface area contributed by atoms with Crippen molar-refractivity contribution in [3.63, 3.8) is 0 Å². The van der Waals surface area contributed by atoms with Gasteiger partial charge >= 0.3 is 0 Å². The first kappa shape index (κ1) is 14.7. The third kappa shape index (κ3) is 3.09. The van der Waals surface area contributed by atoms with E-state index in [1.54, 1.807) is 0 Å². The Labute approximate surface area is 143 Å². The molecule has 0 saturated carbocycles. The highest BCUT2D eigenvalue weighted by molar-refractivity contribution is 5.83. The molecule has 0 N–H and O–H groups in total. The molecule has 0 heterocycles. The van der Waals surface area contributed by atoms with Crippen LogP contribution >= 0.6 is 0 Å². The van der Waals surface area contributed by atoms with Crippen molar-refractivity contribution in [1.82, 2.24) is 0 Å². The average molecular weight is 308 g/mol. The molecule has 0 saturated heterocycles. The Morgan fingerprint density at radius 1 is 0.542 bits per heavy atom. The molecule has 24 heavy (non-hydrogen) atoms. The standard InChI is InChI=1S/C24H20/c1-18-7-11-23-14-10-20(17-24(23)15-18)16-19-8-12-22(13-9-19)21-5-3-2-4-6-21/h2-15,17H,16H2,1H3. The van der Waals surface area contributed by atoms with E-state index in [0.717, 1.165) is 6.42 Å². The Bertz CT molecular complexity index is 964. The number of benzene rings is 4. The van der Waals surface area contributed by atoms with E-state index >= 15 is 0 Å². The zero-order chi connectivity index (χ0) is 16.4. The van der Waals surface area contributed by atoms with E-state index in [2.05, 4.69) is 97.9 Å². The summed E-state index contributed by atoms with van der Waals surface area (Å²) in [5.41, 5.74) is 6.56. The summed E-state index contributed by atoms with van der Waals surface area (Å²) in [5.74, 6) is 0. The summed E-state index contributed by atoms with van der Waals surface area (Å²) >= 11 is 0. The van der Waals surface area contributed by atoms with Gasteiger partial charge in [0.2, 0.25) is 0 Å². The smallest absolute Gasteiger partial charge is 0.00255 e. The highest BCUT2D eigenvalue weighted by Gasteiger charge is 2.01. The molecular formula is C24H20. The maximum absolute atomic E-state index is 2.31. The predicted octanol–water partition coefficient (Wildman–Crippen LogP) is 6.41. The number of fused-ring (bicyclic) bond motifs is 1. The molecule has 0 atom stereocenters. The molecule has 0 unspecified atom stereocenters. The highest BCUT2D eigenvalue weighted by Crippen LogP contribution is 2.22. The van der Waals surface area contributed by atoms with Crippen LogP contribution in [-0.2, 0) is 6.42 Å². The Kier molecular flexibility index (Phi) is 3.88.